The van der Waals surface area contributed by atoms with Crippen LogP contribution >= 0.6 is 33.9 Å². The number of hydrogen-bond acceptors (Lipinski definition) is 4. The van der Waals surface area contributed by atoms with E-state index in [2.05, 4.69) is 58.1 Å². The maximum atomic E-state index is 12.4. The number of amides is 1. The van der Waals surface area contributed by atoms with Crippen molar-refractivity contribution in [2.24, 2.45) is 7.05 Å². The molecule has 0 saturated carbocycles. The van der Waals surface area contributed by atoms with Gasteiger partial charge in [0, 0.05) is 18.3 Å². The van der Waals surface area contributed by atoms with Crippen molar-refractivity contribution in [1.29, 1.82) is 0 Å². The molecule has 2 aromatic heterocycles. The Balaban J connectivity index is 1.57. The monoisotopic (exact) mass is 474 g/mol. The molecule has 0 radical (unpaired) electrons. The first-order valence-electron chi connectivity index (χ1n) is 7.98. The number of halogens is 1. The van der Waals surface area contributed by atoms with Gasteiger partial charge in [-0.1, -0.05) is 6.07 Å². The largest absolute Gasteiger partial charge is 0.321 e. The van der Waals surface area contributed by atoms with Crippen LogP contribution in [0.2, 0.25) is 0 Å². The maximum Gasteiger partial charge on any atom is 0.275 e. The SMILES string of the molecule is Cc1ccc2nc(-c3ccc(NC(=O)c4c(I)cnn4C)cc3)sc2c1. The average Bonchev–Trinajstić information content (AvgIpc) is 3.18. The molecular formula is C19H15IN4OS. The van der Waals surface area contributed by atoms with Gasteiger partial charge < -0.3 is 5.32 Å². The van der Waals surface area contributed by atoms with Crippen molar-refractivity contribution in [3.63, 3.8) is 0 Å². The third-order valence-corrected chi connectivity index (χ3v) is 5.90. The number of carbonyl (C=O) groups excluding carboxylic acids is 1. The molecular weight excluding hydrogens is 459 g/mol. The van der Waals surface area contributed by atoms with Gasteiger partial charge in [-0.3, -0.25) is 9.48 Å². The minimum atomic E-state index is -0.169. The molecule has 0 aliphatic carbocycles. The van der Waals surface area contributed by atoms with Gasteiger partial charge in [0.15, 0.2) is 0 Å². The Hall–Kier alpha value is -2.26. The lowest BCUT2D eigenvalue weighted by Gasteiger charge is -2.06. The van der Waals surface area contributed by atoms with E-state index < -0.39 is 0 Å². The lowest BCUT2D eigenvalue weighted by Crippen LogP contribution is -2.17. The van der Waals surface area contributed by atoms with Crippen LogP contribution in [0.25, 0.3) is 20.8 Å². The molecule has 2 aromatic carbocycles. The molecule has 0 atom stereocenters. The van der Waals surface area contributed by atoms with Crippen molar-refractivity contribution in [1.82, 2.24) is 14.8 Å². The number of benzene rings is 2. The molecule has 4 rings (SSSR count). The van der Waals surface area contributed by atoms with Gasteiger partial charge in [0.2, 0.25) is 0 Å². The van der Waals surface area contributed by atoms with Crippen LogP contribution in [-0.4, -0.2) is 20.7 Å². The van der Waals surface area contributed by atoms with Crippen LogP contribution in [0.5, 0.6) is 0 Å². The van der Waals surface area contributed by atoms with E-state index in [1.165, 1.54) is 10.3 Å². The smallest absolute Gasteiger partial charge is 0.275 e. The van der Waals surface area contributed by atoms with Crippen molar-refractivity contribution >= 4 is 55.7 Å². The van der Waals surface area contributed by atoms with Crippen molar-refractivity contribution in [3.8, 4) is 10.6 Å². The van der Waals surface area contributed by atoms with Gasteiger partial charge in [-0.15, -0.1) is 11.3 Å². The summed E-state index contributed by atoms with van der Waals surface area (Å²) in [6, 6.07) is 14.0. The van der Waals surface area contributed by atoms with Crippen LogP contribution < -0.4 is 5.32 Å². The molecule has 130 valence electrons. The molecule has 2 heterocycles. The fourth-order valence-corrected chi connectivity index (χ4v) is 4.50. The lowest BCUT2D eigenvalue weighted by atomic mass is 10.2. The molecule has 26 heavy (non-hydrogen) atoms. The summed E-state index contributed by atoms with van der Waals surface area (Å²) in [6.45, 7) is 2.08. The Labute approximate surface area is 168 Å². The second-order valence-electron chi connectivity index (χ2n) is 5.99. The molecule has 0 unspecified atom stereocenters. The Morgan fingerprint density at radius 2 is 1.96 bits per heavy atom. The normalized spacial score (nSPS) is 11.0. The Morgan fingerprint density at radius 3 is 2.65 bits per heavy atom. The summed E-state index contributed by atoms with van der Waals surface area (Å²) < 4.78 is 3.58. The summed E-state index contributed by atoms with van der Waals surface area (Å²) in [7, 11) is 1.76. The van der Waals surface area contributed by atoms with Gasteiger partial charge in [0.25, 0.3) is 5.91 Å². The third-order valence-electron chi connectivity index (χ3n) is 4.04. The molecule has 1 N–H and O–H groups in total. The van der Waals surface area contributed by atoms with Crippen molar-refractivity contribution in [2.45, 2.75) is 6.92 Å². The molecule has 0 aliphatic rings. The van der Waals surface area contributed by atoms with Crippen LogP contribution in [0.4, 0.5) is 5.69 Å². The fraction of sp³-hybridized carbons (Fsp3) is 0.105. The number of nitrogens with zero attached hydrogens (tertiary/aromatic N) is 3. The highest BCUT2D eigenvalue weighted by molar-refractivity contribution is 14.1. The first-order chi connectivity index (χ1) is 12.5. The molecule has 0 saturated heterocycles. The Bertz CT molecular complexity index is 1090. The van der Waals surface area contributed by atoms with E-state index >= 15 is 0 Å². The standard InChI is InChI=1S/C19H15IN4OS/c1-11-3-8-15-16(9-11)26-19(23-15)12-4-6-13(7-5-12)22-18(25)17-14(20)10-21-24(17)2/h3-10H,1-2H3,(H,22,25). The average molecular weight is 474 g/mol. The zero-order valence-corrected chi connectivity index (χ0v) is 17.1. The number of fused-ring (bicyclic) bond motifs is 1. The second kappa shape index (κ2) is 6.81. The van der Waals surface area contributed by atoms with Crippen LogP contribution in [0.1, 0.15) is 16.1 Å². The highest BCUT2D eigenvalue weighted by atomic mass is 127. The van der Waals surface area contributed by atoms with E-state index in [4.69, 9.17) is 4.98 Å². The molecule has 4 aromatic rings. The minimum Gasteiger partial charge on any atom is -0.321 e. The minimum absolute atomic E-state index is 0.169. The number of thiazole rings is 1. The molecule has 0 aliphatic heterocycles. The van der Waals surface area contributed by atoms with Gasteiger partial charge in [-0.05, 0) is 71.5 Å². The lowest BCUT2D eigenvalue weighted by molar-refractivity contribution is 0.101. The van der Waals surface area contributed by atoms with Gasteiger partial charge >= 0.3 is 0 Å². The van der Waals surface area contributed by atoms with E-state index in [1.807, 2.05) is 24.3 Å². The molecule has 0 fully saturated rings. The number of aryl methyl sites for hydroxylation is 2. The maximum absolute atomic E-state index is 12.4. The van der Waals surface area contributed by atoms with Crippen molar-refractivity contribution in [3.05, 3.63) is 63.5 Å². The number of anilines is 1. The predicted octanol–water partition coefficient (Wildman–Crippen LogP) is 4.86. The summed E-state index contributed by atoms with van der Waals surface area (Å²) in [4.78, 5) is 17.1. The molecule has 1 amide bonds. The van der Waals surface area contributed by atoms with Crippen molar-refractivity contribution in [2.75, 3.05) is 5.32 Å². The highest BCUT2D eigenvalue weighted by Gasteiger charge is 2.15. The quantitative estimate of drug-likeness (QED) is 0.432. The van der Waals surface area contributed by atoms with Crippen molar-refractivity contribution < 1.29 is 4.79 Å². The molecule has 7 heteroatoms. The number of carbonyl (C=O) groups is 1. The van der Waals surface area contributed by atoms with E-state index in [1.54, 1.807) is 29.3 Å². The van der Waals surface area contributed by atoms with Crippen LogP contribution in [0.15, 0.2) is 48.7 Å². The molecule has 0 spiro atoms. The van der Waals surface area contributed by atoms with Crippen LogP contribution in [-0.2, 0) is 7.05 Å². The number of hydrogen-bond donors (Lipinski definition) is 1. The summed E-state index contributed by atoms with van der Waals surface area (Å²) in [5.41, 5.74) is 4.58. The van der Waals surface area contributed by atoms with Gasteiger partial charge in [-0.2, -0.15) is 5.10 Å². The Kier molecular flexibility index (Phi) is 4.49. The highest BCUT2D eigenvalue weighted by Crippen LogP contribution is 2.31. The van der Waals surface area contributed by atoms with Crippen LogP contribution in [0, 0.1) is 10.5 Å². The predicted molar refractivity (Wildman–Crippen MR) is 114 cm³/mol. The van der Waals surface area contributed by atoms with E-state index in [0.29, 0.717) is 5.69 Å². The van der Waals surface area contributed by atoms with Gasteiger partial charge in [-0.25, -0.2) is 4.98 Å². The Morgan fingerprint density at radius 1 is 1.19 bits per heavy atom. The van der Waals surface area contributed by atoms with Crippen LogP contribution in [0.3, 0.4) is 0 Å². The van der Waals surface area contributed by atoms with E-state index in [9.17, 15) is 4.79 Å². The molecule has 0 bridgehead atoms. The van der Waals surface area contributed by atoms with E-state index in [0.717, 1.165) is 25.3 Å². The fourth-order valence-electron chi connectivity index (χ4n) is 2.71. The first kappa shape index (κ1) is 17.2. The number of rotatable bonds is 3. The van der Waals surface area contributed by atoms with Gasteiger partial charge in [0.05, 0.1) is 20.0 Å². The second-order valence-corrected chi connectivity index (χ2v) is 8.18. The summed E-state index contributed by atoms with van der Waals surface area (Å²) in [5.74, 6) is -0.169. The summed E-state index contributed by atoms with van der Waals surface area (Å²) >= 11 is 3.79. The molecule has 5 nitrogen and oxygen atoms in total. The van der Waals surface area contributed by atoms with Gasteiger partial charge in [0.1, 0.15) is 10.7 Å². The number of nitrogens with one attached hydrogen (secondary N) is 1. The zero-order valence-electron chi connectivity index (χ0n) is 14.2. The summed E-state index contributed by atoms with van der Waals surface area (Å²) in [6.07, 6.45) is 1.67. The first-order valence-corrected chi connectivity index (χ1v) is 9.87. The topological polar surface area (TPSA) is 59.8 Å². The van der Waals surface area contributed by atoms with E-state index in [-0.39, 0.29) is 5.91 Å². The zero-order chi connectivity index (χ0) is 18.3. The number of aromatic nitrogens is 3. The summed E-state index contributed by atoms with van der Waals surface area (Å²) in [5, 5.41) is 7.99. The third kappa shape index (κ3) is 3.24.